The van der Waals surface area contributed by atoms with E-state index >= 15 is 0 Å². The van der Waals surface area contributed by atoms with Crippen molar-refractivity contribution in [2.75, 3.05) is 12.0 Å². The number of anilines is 1. The Morgan fingerprint density at radius 1 is 1.00 bits per heavy atom. The lowest BCUT2D eigenvalue weighted by Gasteiger charge is -2.23. The fourth-order valence-corrected chi connectivity index (χ4v) is 4.46. The van der Waals surface area contributed by atoms with E-state index in [2.05, 4.69) is 9.97 Å². The van der Waals surface area contributed by atoms with Gasteiger partial charge in [-0.05, 0) is 54.8 Å². The number of aromatic nitrogens is 2. The molecule has 3 aromatic carbocycles. The van der Waals surface area contributed by atoms with E-state index in [4.69, 9.17) is 4.74 Å². The van der Waals surface area contributed by atoms with Gasteiger partial charge >= 0.3 is 5.91 Å². The Balaban J connectivity index is 1.74. The lowest BCUT2D eigenvalue weighted by Crippen LogP contribution is -2.30. The molecule has 7 nitrogen and oxygen atoms in total. The molecule has 170 valence electrons. The number of amides is 1. The van der Waals surface area contributed by atoms with Crippen LogP contribution in [0, 0.1) is 13.8 Å². The van der Waals surface area contributed by atoms with Crippen LogP contribution in [0.1, 0.15) is 28.3 Å². The van der Waals surface area contributed by atoms with Gasteiger partial charge in [-0.2, -0.15) is 0 Å². The minimum atomic E-state index is -0.844. The van der Waals surface area contributed by atoms with Gasteiger partial charge in [-0.3, -0.25) is 14.5 Å². The van der Waals surface area contributed by atoms with Crippen molar-refractivity contribution >= 4 is 34.4 Å². The number of para-hydroxylation sites is 2. The van der Waals surface area contributed by atoms with Gasteiger partial charge in [0.25, 0.3) is 5.78 Å². The van der Waals surface area contributed by atoms with Gasteiger partial charge in [0.2, 0.25) is 5.95 Å². The maximum atomic E-state index is 13.3. The first kappa shape index (κ1) is 21.5. The van der Waals surface area contributed by atoms with E-state index < -0.39 is 17.7 Å². The van der Waals surface area contributed by atoms with Crippen molar-refractivity contribution in [3.63, 3.8) is 0 Å². The fraction of sp³-hybridized carbons (Fsp3) is 0.148. The highest BCUT2D eigenvalue weighted by molar-refractivity contribution is 6.51. The second kappa shape index (κ2) is 8.19. The summed E-state index contributed by atoms with van der Waals surface area (Å²) in [4.78, 5) is 35.7. The Morgan fingerprint density at radius 2 is 1.71 bits per heavy atom. The van der Waals surface area contributed by atoms with Gasteiger partial charge in [0, 0.05) is 5.56 Å². The first-order valence-corrected chi connectivity index (χ1v) is 10.9. The Kier molecular flexibility index (Phi) is 5.17. The number of imidazole rings is 1. The smallest absolute Gasteiger partial charge is 0.302 e. The van der Waals surface area contributed by atoms with Gasteiger partial charge in [-0.25, -0.2) is 4.98 Å². The zero-order valence-electron chi connectivity index (χ0n) is 19.0. The molecule has 7 heteroatoms. The molecule has 1 saturated heterocycles. The number of hydrogen-bond donors (Lipinski definition) is 2. The second-order valence-electron chi connectivity index (χ2n) is 8.29. The summed E-state index contributed by atoms with van der Waals surface area (Å²) in [5.41, 5.74) is 4.12. The molecule has 5 rings (SSSR count). The van der Waals surface area contributed by atoms with Crippen LogP contribution in [0.2, 0.25) is 0 Å². The molecule has 1 amide bonds. The Hall–Kier alpha value is -4.39. The standard InChI is InChI=1S/C27H23N3O4/c1-15-14-21(34-3)16(2)13-18(15)24(31)22-23(17-9-5-4-6-10-17)30(26(33)25(22)32)27-28-19-11-7-8-12-20(19)29-27/h4-14,23,31H,1-3H3,(H,28,29)/b24-22+. The third kappa shape index (κ3) is 3.33. The summed E-state index contributed by atoms with van der Waals surface area (Å²) in [7, 11) is 1.58. The maximum Gasteiger partial charge on any atom is 0.302 e. The molecular formula is C27H23N3O4. The molecule has 1 aromatic heterocycles. The normalized spacial score (nSPS) is 17.5. The molecular weight excluding hydrogens is 430 g/mol. The second-order valence-corrected chi connectivity index (χ2v) is 8.29. The van der Waals surface area contributed by atoms with E-state index in [1.165, 1.54) is 4.90 Å². The number of rotatable bonds is 4. The van der Waals surface area contributed by atoms with Crippen LogP contribution in [-0.2, 0) is 9.59 Å². The van der Waals surface area contributed by atoms with Crippen molar-refractivity contribution in [2.45, 2.75) is 19.9 Å². The monoisotopic (exact) mass is 453 g/mol. The number of aliphatic hydroxyl groups excluding tert-OH is 1. The highest BCUT2D eigenvalue weighted by Crippen LogP contribution is 2.42. The van der Waals surface area contributed by atoms with Gasteiger partial charge in [-0.15, -0.1) is 0 Å². The molecule has 2 heterocycles. The molecule has 1 atom stereocenters. The summed E-state index contributed by atoms with van der Waals surface area (Å²) in [5, 5.41) is 11.4. The third-order valence-electron chi connectivity index (χ3n) is 6.16. The van der Waals surface area contributed by atoms with E-state index in [-0.39, 0.29) is 17.3 Å². The van der Waals surface area contributed by atoms with Crippen molar-refractivity contribution in [3.8, 4) is 5.75 Å². The molecule has 0 bridgehead atoms. The summed E-state index contributed by atoms with van der Waals surface area (Å²) >= 11 is 0. The maximum absolute atomic E-state index is 13.3. The molecule has 0 saturated carbocycles. The number of aromatic amines is 1. The Bertz CT molecular complexity index is 1440. The van der Waals surface area contributed by atoms with Crippen LogP contribution in [0.15, 0.2) is 72.3 Å². The van der Waals surface area contributed by atoms with E-state index in [1.54, 1.807) is 19.2 Å². The van der Waals surface area contributed by atoms with Crippen molar-refractivity contribution < 1.29 is 19.4 Å². The van der Waals surface area contributed by atoms with Crippen molar-refractivity contribution in [1.82, 2.24) is 9.97 Å². The van der Waals surface area contributed by atoms with Crippen molar-refractivity contribution in [3.05, 3.63) is 94.6 Å². The number of methoxy groups -OCH3 is 1. The SMILES string of the molecule is COc1cc(C)c(/C(O)=C2\C(=O)C(=O)N(c3nc4ccccc4[nH]3)C2c2ccccc2)cc1C. The Morgan fingerprint density at radius 3 is 2.41 bits per heavy atom. The minimum absolute atomic E-state index is 0.0179. The van der Waals surface area contributed by atoms with E-state index in [0.717, 1.165) is 16.6 Å². The average molecular weight is 453 g/mol. The van der Waals surface area contributed by atoms with Gasteiger partial charge in [0.05, 0.1) is 29.8 Å². The number of hydrogen-bond acceptors (Lipinski definition) is 5. The molecule has 1 aliphatic heterocycles. The molecule has 1 aliphatic rings. The number of aryl methyl sites for hydroxylation is 2. The molecule has 4 aromatic rings. The Labute approximate surface area is 196 Å². The van der Waals surface area contributed by atoms with Crippen LogP contribution in [0.5, 0.6) is 5.75 Å². The number of carbonyl (C=O) groups is 2. The average Bonchev–Trinajstić information content (AvgIpc) is 3.39. The highest BCUT2D eigenvalue weighted by Gasteiger charge is 2.48. The number of H-pyrrole nitrogens is 1. The van der Waals surface area contributed by atoms with Crippen LogP contribution < -0.4 is 9.64 Å². The molecule has 34 heavy (non-hydrogen) atoms. The number of carbonyl (C=O) groups excluding carboxylic acids is 2. The molecule has 1 unspecified atom stereocenters. The largest absolute Gasteiger partial charge is 0.507 e. The molecule has 2 N–H and O–H groups in total. The van der Waals surface area contributed by atoms with Gasteiger partial charge in [0.1, 0.15) is 11.5 Å². The van der Waals surface area contributed by atoms with Crippen LogP contribution in [-0.4, -0.2) is 33.9 Å². The topological polar surface area (TPSA) is 95.5 Å². The number of Topliss-reactive ketones (excluding diaryl/α,β-unsaturated/α-hetero) is 1. The number of ether oxygens (including phenoxy) is 1. The quantitative estimate of drug-likeness (QED) is 0.263. The third-order valence-corrected chi connectivity index (χ3v) is 6.16. The highest BCUT2D eigenvalue weighted by atomic mass is 16.5. The zero-order valence-corrected chi connectivity index (χ0v) is 19.0. The number of fused-ring (bicyclic) bond motifs is 1. The lowest BCUT2D eigenvalue weighted by molar-refractivity contribution is -0.132. The zero-order chi connectivity index (χ0) is 24.0. The van der Waals surface area contributed by atoms with Crippen LogP contribution >= 0.6 is 0 Å². The summed E-state index contributed by atoms with van der Waals surface area (Å²) in [6.07, 6.45) is 0. The van der Waals surface area contributed by atoms with Crippen molar-refractivity contribution in [2.24, 2.45) is 0 Å². The molecule has 1 fully saturated rings. The number of ketones is 1. The summed E-state index contributed by atoms with van der Waals surface area (Å²) in [5.74, 6) is -0.818. The van der Waals surface area contributed by atoms with E-state index in [0.29, 0.717) is 22.4 Å². The van der Waals surface area contributed by atoms with Crippen LogP contribution in [0.3, 0.4) is 0 Å². The first-order valence-electron chi connectivity index (χ1n) is 10.9. The van der Waals surface area contributed by atoms with Gasteiger partial charge < -0.3 is 14.8 Å². The predicted octanol–water partition coefficient (Wildman–Crippen LogP) is 4.81. The van der Waals surface area contributed by atoms with E-state index in [9.17, 15) is 14.7 Å². The molecule has 0 radical (unpaired) electrons. The van der Waals surface area contributed by atoms with Crippen LogP contribution in [0.25, 0.3) is 16.8 Å². The predicted molar refractivity (Wildman–Crippen MR) is 130 cm³/mol. The van der Waals surface area contributed by atoms with Crippen LogP contribution in [0.4, 0.5) is 5.95 Å². The van der Waals surface area contributed by atoms with E-state index in [1.807, 2.05) is 68.4 Å². The number of aliphatic hydroxyl groups is 1. The fourth-order valence-electron chi connectivity index (χ4n) is 4.46. The minimum Gasteiger partial charge on any atom is -0.507 e. The van der Waals surface area contributed by atoms with Crippen molar-refractivity contribution in [1.29, 1.82) is 0 Å². The molecule has 0 aliphatic carbocycles. The summed E-state index contributed by atoms with van der Waals surface area (Å²) < 4.78 is 5.38. The number of benzene rings is 3. The number of nitrogens with zero attached hydrogens (tertiary/aromatic N) is 2. The summed E-state index contributed by atoms with van der Waals surface area (Å²) in [6.45, 7) is 3.68. The van der Waals surface area contributed by atoms with Gasteiger partial charge in [-0.1, -0.05) is 42.5 Å². The summed E-state index contributed by atoms with van der Waals surface area (Å²) in [6, 6.07) is 19.3. The molecule has 0 spiro atoms. The number of nitrogens with one attached hydrogen (secondary N) is 1. The first-order chi connectivity index (χ1) is 16.4. The van der Waals surface area contributed by atoms with Gasteiger partial charge in [0.15, 0.2) is 0 Å². The lowest BCUT2D eigenvalue weighted by atomic mass is 9.93.